The first-order valence-electron chi connectivity index (χ1n) is 2.80. The zero-order valence-electron chi connectivity index (χ0n) is 8.39. The van der Waals surface area contributed by atoms with Gasteiger partial charge in [0.05, 0.1) is 12.5 Å². The van der Waals surface area contributed by atoms with Crippen LogP contribution in [0.15, 0.2) is 29.1 Å². The zero-order valence-corrected chi connectivity index (χ0v) is 14.0. The van der Waals surface area contributed by atoms with Crippen molar-refractivity contribution in [1.82, 2.24) is 0 Å². The van der Waals surface area contributed by atoms with E-state index in [1.165, 1.54) is 0 Å². The van der Waals surface area contributed by atoms with E-state index in [1.807, 2.05) is 12.1 Å². The Morgan fingerprint density at radius 3 is 1.25 bits per heavy atom. The van der Waals surface area contributed by atoms with E-state index in [4.69, 9.17) is 0 Å². The van der Waals surface area contributed by atoms with Crippen LogP contribution in [0.1, 0.15) is 0 Å². The topological polar surface area (TPSA) is 137 Å². The molecule has 0 N–H and O–H groups in total. The van der Waals surface area contributed by atoms with Crippen molar-refractivity contribution in [2.24, 2.45) is 0 Å². The molecule has 1 rings (SSSR count). The second-order valence-electron chi connectivity index (χ2n) is 1.68. The smallest absolute Gasteiger partial charge is 0.725 e. The number of furan rings is 1. The Labute approximate surface area is 137 Å². The third kappa shape index (κ3) is 20.5. The molecule has 0 aromatic carbocycles. The van der Waals surface area contributed by atoms with Gasteiger partial charge < -0.3 is 13.5 Å². The predicted octanol–water partition coefficient (Wildman–Crippen LogP) is -6.79. The van der Waals surface area contributed by atoms with Gasteiger partial charge in [-0.25, -0.2) is 16.8 Å². The summed E-state index contributed by atoms with van der Waals surface area (Å²) >= 11 is 0. The van der Waals surface area contributed by atoms with Gasteiger partial charge in [-0.2, -0.15) is 3.63 Å². The van der Waals surface area contributed by atoms with Crippen molar-refractivity contribution in [2.45, 2.75) is 0 Å². The van der Waals surface area contributed by atoms with Gasteiger partial charge in [0.15, 0.2) is 0 Å². The Hall–Kier alpha value is 1.06. The molecular formula is C4H4Na2O8S2. The molecule has 0 amide bonds. The first-order valence-corrected chi connectivity index (χ1v) is 5.47. The van der Waals surface area contributed by atoms with Gasteiger partial charge in [-0.1, -0.05) is 0 Å². The molecule has 0 fully saturated rings. The van der Waals surface area contributed by atoms with Crippen LogP contribution >= 0.6 is 0 Å². The van der Waals surface area contributed by atoms with Gasteiger partial charge in [0.2, 0.25) is 20.8 Å². The van der Waals surface area contributed by atoms with E-state index in [9.17, 15) is 25.9 Å². The van der Waals surface area contributed by atoms with E-state index in [2.05, 4.69) is 8.05 Å². The van der Waals surface area contributed by atoms with Crippen LogP contribution in [0, 0.1) is 0 Å². The molecule has 0 radical (unpaired) electrons. The minimum Gasteiger partial charge on any atom is -0.725 e. The summed E-state index contributed by atoms with van der Waals surface area (Å²) in [5.41, 5.74) is 0. The van der Waals surface area contributed by atoms with Gasteiger partial charge in [-0.05, 0) is 12.1 Å². The first kappa shape index (κ1) is 22.3. The van der Waals surface area contributed by atoms with Crippen molar-refractivity contribution in [3.63, 3.8) is 0 Å². The van der Waals surface area contributed by atoms with E-state index < -0.39 is 20.8 Å². The van der Waals surface area contributed by atoms with Crippen molar-refractivity contribution in [2.75, 3.05) is 0 Å². The molecule has 12 heteroatoms. The standard InChI is InChI=1S/C4H4O.2Na.H2O7S2/c1-2-4-5-3-1;;;1-8(2,3)7-9(4,5)6/h1-4H;;;(H,1,2,3)(H,4,5,6)/q;2*+1;/p-2. The van der Waals surface area contributed by atoms with Crippen LogP contribution in [-0.4, -0.2) is 25.9 Å². The molecule has 1 aromatic rings. The summed E-state index contributed by atoms with van der Waals surface area (Å²) in [6.45, 7) is 0. The molecule has 8 nitrogen and oxygen atoms in total. The third-order valence-corrected chi connectivity index (χ3v) is 1.93. The van der Waals surface area contributed by atoms with Crippen molar-refractivity contribution in [1.29, 1.82) is 0 Å². The maximum Gasteiger partial charge on any atom is 1.00 e. The van der Waals surface area contributed by atoms with E-state index in [0.717, 1.165) is 0 Å². The van der Waals surface area contributed by atoms with Gasteiger partial charge in [-0.15, -0.1) is 0 Å². The second-order valence-corrected chi connectivity index (χ2v) is 3.86. The predicted molar refractivity (Wildman–Crippen MR) is 39.2 cm³/mol. The first-order chi connectivity index (χ1) is 6.21. The van der Waals surface area contributed by atoms with Crippen molar-refractivity contribution in [3.8, 4) is 0 Å². The van der Waals surface area contributed by atoms with Crippen LogP contribution in [0.4, 0.5) is 0 Å². The Balaban J connectivity index is -0.000000208. The van der Waals surface area contributed by atoms with Gasteiger partial charge >= 0.3 is 59.1 Å². The van der Waals surface area contributed by atoms with E-state index in [0.29, 0.717) is 0 Å². The molecule has 0 aliphatic heterocycles. The van der Waals surface area contributed by atoms with Crippen LogP contribution in [-0.2, 0) is 24.4 Å². The van der Waals surface area contributed by atoms with E-state index >= 15 is 0 Å². The number of hydrogen-bond donors (Lipinski definition) is 0. The van der Waals surface area contributed by atoms with Crippen LogP contribution in [0.25, 0.3) is 0 Å². The average Bonchev–Trinajstić information content (AvgIpc) is 2.29. The van der Waals surface area contributed by atoms with E-state index in [1.54, 1.807) is 12.5 Å². The summed E-state index contributed by atoms with van der Waals surface area (Å²) in [7, 11) is -10.9. The number of hydrogen-bond acceptors (Lipinski definition) is 8. The maximum atomic E-state index is 9.29. The minimum absolute atomic E-state index is 0. The van der Waals surface area contributed by atoms with Crippen molar-refractivity contribution in [3.05, 3.63) is 24.7 Å². The normalized spacial score (nSPS) is 10.1. The summed E-state index contributed by atoms with van der Waals surface area (Å²) in [5.74, 6) is 0. The van der Waals surface area contributed by atoms with Crippen LogP contribution in [0.3, 0.4) is 0 Å². The third-order valence-electron chi connectivity index (χ3n) is 0.592. The summed E-state index contributed by atoms with van der Waals surface area (Å²) in [4.78, 5) is 0. The molecule has 0 saturated heterocycles. The van der Waals surface area contributed by atoms with Gasteiger partial charge in [0.1, 0.15) is 0 Å². The van der Waals surface area contributed by atoms with Crippen LogP contribution in [0.5, 0.6) is 0 Å². The fourth-order valence-electron chi connectivity index (χ4n) is 0.329. The Morgan fingerprint density at radius 2 is 1.19 bits per heavy atom. The molecular weight excluding hydrogens is 286 g/mol. The monoisotopic (exact) mass is 290 g/mol. The van der Waals surface area contributed by atoms with Crippen LogP contribution in [0.2, 0.25) is 0 Å². The molecule has 0 atom stereocenters. The van der Waals surface area contributed by atoms with Gasteiger partial charge in [-0.3, -0.25) is 0 Å². The SMILES string of the molecule is O=S(=O)([O-])OS(=O)(=O)[O-].[Na+].[Na+].c1ccoc1. The molecule has 0 spiro atoms. The summed E-state index contributed by atoms with van der Waals surface area (Å²) < 4.78 is 62.8. The summed E-state index contributed by atoms with van der Waals surface area (Å²) in [6.07, 6.45) is 3.25. The van der Waals surface area contributed by atoms with Crippen molar-refractivity contribution < 1.29 is 93.1 Å². The summed E-state index contributed by atoms with van der Waals surface area (Å²) in [5, 5.41) is 0. The zero-order chi connectivity index (χ0) is 11.2. The molecule has 0 aliphatic carbocycles. The fourth-order valence-corrected chi connectivity index (χ4v) is 1.15. The maximum absolute atomic E-state index is 9.29. The summed E-state index contributed by atoms with van der Waals surface area (Å²) in [6, 6.07) is 3.67. The second kappa shape index (κ2) is 10.0. The Bertz CT molecular complexity index is 387. The Morgan fingerprint density at radius 1 is 0.875 bits per heavy atom. The van der Waals surface area contributed by atoms with Gasteiger partial charge in [0, 0.05) is 0 Å². The minimum atomic E-state index is -5.43. The molecule has 0 unspecified atom stereocenters. The van der Waals surface area contributed by atoms with Gasteiger partial charge in [0.25, 0.3) is 0 Å². The largest absolute Gasteiger partial charge is 1.00 e. The Kier molecular flexibility index (Phi) is 13.9. The molecule has 16 heavy (non-hydrogen) atoms. The molecule has 0 saturated carbocycles. The molecule has 0 bridgehead atoms. The molecule has 82 valence electrons. The quantitative estimate of drug-likeness (QED) is 0.298. The molecule has 1 aromatic heterocycles. The van der Waals surface area contributed by atoms with Crippen LogP contribution < -0.4 is 59.1 Å². The fraction of sp³-hybridized carbons (Fsp3) is 0. The van der Waals surface area contributed by atoms with E-state index in [-0.39, 0.29) is 59.1 Å². The average molecular weight is 290 g/mol. The van der Waals surface area contributed by atoms with Crippen molar-refractivity contribution >= 4 is 20.8 Å². The molecule has 0 aliphatic rings. The molecule has 1 heterocycles. The number of rotatable bonds is 2.